The van der Waals surface area contributed by atoms with Crippen LogP contribution in [0.5, 0.6) is 5.75 Å². The molecule has 1 aliphatic heterocycles. The van der Waals surface area contributed by atoms with Crippen LogP contribution < -0.4 is 10.1 Å². The lowest BCUT2D eigenvalue weighted by Gasteiger charge is -2.15. The van der Waals surface area contributed by atoms with E-state index in [0.717, 1.165) is 25.2 Å². The van der Waals surface area contributed by atoms with Gasteiger partial charge in [0.2, 0.25) is 11.8 Å². The summed E-state index contributed by atoms with van der Waals surface area (Å²) in [6.07, 6.45) is 0.911. The number of nitrogens with zero attached hydrogens (tertiary/aromatic N) is 2. The van der Waals surface area contributed by atoms with E-state index in [1.54, 1.807) is 12.1 Å². The van der Waals surface area contributed by atoms with E-state index in [9.17, 15) is 9.18 Å². The maximum absolute atomic E-state index is 14.1. The number of aromatic nitrogens is 1. The van der Waals surface area contributed by atoms with Crippen LogP contribution >= 0.6 is 0 Å². The van der Waals surface area contributed by atoms with Crippen LogP contribution in [0.3, 0.4) is 0 Å². The van der Waals surface area contributed by atoms with Crippen LogP contribution in [0.1, 0.15) is 24.8 Å². The van der Waals surface area contributed by atoms with E-state index < -0.39 is 5.82 Å². The lowest BCUT2D eigenvalue weighted by molar-refractivity contribution is -0.119. The Kier molecular flexibility index (Phi) is 5.03. The molecule has 1 N–H and O–H groups in total. The number of nitrogens with one attached hydrogen (secondary N) is 1. The van der Waals surface area contributed by atoms with Crippen LogP contribution in [0.2, 0.25) is 0 Å². The molecule has 2 aromatic rings. The lowest BCUT2D eigenvalue weighted by atomic mass is 10.2. The van der Waals surface area contributed by atoms with Crippen molar-refractivity contribution in [2.24, 2.45) is 0 Å². The summed E-state index contributed by atoms with van der Waals surface area (Å²) in [7, 11) is 1.53. The maximum Gasteiger partial charge on any atom is 0.229 e. The largest absolute Gasteiger partial charge is 0.497 e. The fourth-order valence-electron chi connectivity index (χ4n) is 3.08. The third-order valence-electron chi connectivity index (χ3n) is 4.35. The van der Waals surface area contributed by atoms with Crippen molar-refractivity contribution in [2.45, 2.75) is 32.9 Å². The maximum atomic E-state index is 14.1. The molecule has 6 nitrogen and oxygen atoms in total. The van der Waals surface area contributed by atoms with Gasteiger partial charge >= 0.3 is 0 Å². The zero-order chi connectivity index (χ0) is 18.0. The molecule has 1 atom stereocenters. The number of halogens is 1. The Morgan fingerprint density at radius 3 is 3.04 bits per heavy atom. The van der Waals surface area contributed by atoms with E-state index >= 15 is 0 Å². The summed E-state index contributed by atoms with van der Waals surface area (Å²) >= 11 is 0. The second kappa shape index (κ2) is 7.23. The molecule has 0 bridgehead atoms. The summed E-state index contributed by atoms with van der Waals surface area (Å²) in [5, 5.41) is 2.94. The summed E-state index contributed by atoms with van der Waals surface area (Å²) in [5.74, 6) is 1.05. The van der Waals surface area contributed by atoms with Crippen molar-refractivity contribution in [3.63, 3.8) is 0 Å². The molecule has 0 saturated carbocycles. The van der Waals surface area contributed by atoms with Gasteiger partial charge in [-0.1, -0.05) is 0 Å². The third-order valence-corrected chi connectivity index (χ3v) is 4.35. The van der Waals surface area contributed by atoms with E-state index in [4.69, 9.17) is 9.15 Å². The number of amides is 1. The fraction of sp³-hybridized carbons (Fsp3) is 0.444. The molecular formula is C18H22FN3O3. The smallest absolute Gasteiger partial charge is 0.229 e. The number of hydrogen-bond donors (Lipinski definition) is 1. The van der Waals surface area contributed by atoms with Gasteiger partial charge in [0.25, 0.3) is 0 Å². The zero-order valence-electron chi connectivity index (χ0n) is 14.6. The molecular weight excluding hydrogens is 325 g/mol. The van der Waals surface area contributed by atoms with Crippen LogP contribution in [-0.4, -0.2) is 42.0 Å². The van der Waals surface area contributed by atoms with Crippen molar-refractivity contribution < 1.29 is 18.3 Å². The number of likely N-dealkylation sites (tertiary alicyclic amines) is 1. The summed E-state index contributed by atoms with van der Waals surface area (Å²) in [5.41, 5.74) is 1.06. The molecule has 1 saturated heterocycles. The van der Waals surface area contributed by atoms with E-state index in [1.165, 1.54) is 20.1 Å². The highest BCUT2D eigenvalue weighted by molar-refractivity contribution is 5.73. The molecule has 2 heterocycles. The van der Waals surface area contributed by atoms with Crippen LogP contribution in [0.15, 0.2) is 22.6 Å². The molecule has 1 aromatic heterocycles. The number of aryl methyl sites for hydroxylation is 1. The Morgan fingerprint density at radius 1 is 1.52 bits per heavy atom. The minimum atomic E-state index is -0.402. The fourth-order valence-corrected chi connectivity index (χ4v) is 3.08. The first-order valence-electron chi connectivity index (χ1n) is 8.26. The van der Waals surface area contributed by atoms with Crippen molar-refractivity contribution in [3.05, 3.63) is 35.5 Å². The lowest BCUT2D eigenvalue weighted by Crippen LogP contribution is -2.35. The normalized spacial score (nSPS) is 17.7. The molecule has 0 unspecified atom stereocenters. The van der Waals surface area contributed by atoms with Gasteiger partial charge in [0.05, 0.1) is 18.4 Å². The van der Waals surface area contributed by atoms with Gasteiger partial charge in [-0.15, -0.1) is 0 Å². The number of methoxy groups -OCH3 is 1. The Bertz CT molecular complexity index is 775. The van der Waals surface area contributed by atoms with E-state index in [-0.39, 0.29) is 23.4 Å². The van der Waals surface area contributed by atoms with Gasteiger partial charge in [0, 0.05) is 32.6 Å². The van der Waals surface area contributed by atoms with Crippen LogP contribution in [-0.2, 0) is 11.3 Å². The predicted octanol–water partition coefficient (Wildman–Crippen LogP) is 2.51. The van der Waals surface area contributed by atoms with Gasteiger partial charge in [0.1, 0.15) is 17.3 Å². The molecule has 1 fully saturated rings. The summed E-state index contributed by atoms with van der Waals surface area (Å²) in [6.45, 7) is 5.61. The van der Waals surface area contributed by atoms with Crippen molar-refractivity contribution in [2.75, 3.05) is 20.2 Å². The second-order valence-corrected chi connectivity index (χ2v) is 6.29. The number of carbonyl (C=O) groups is 1. The predicted molar refractivity (Wildman–Crippen MR) is 90.7 cm³/mol. The summed E-state index contributed by atoms with van der Waals surface area (Å²) < 4.78 is 24.9. The van der Waals surface area contributed by atoms with Gasteiger partial charge < -0.3 is 14.5 Å². The van der Waals surface area contributed by atoms with Crippen molar-refractivity contribution >= 4 is 5.91 Å². The Balaban J connectivity index is 1.74. The number of rotatable bonds is 5. The standard InChI is InChI=1S/C18H22FN3O3/c1-11-17(10-22-7-6-13(9-22)20-12(2)23)21-18(25-11)15-8-14(24-3)4-5-16(15)19/h4-5,8,13H,6-7,9-10H2,1-3H3,(H,20,23)/t13-/m0/s1. The minimum Gasteiger partial charge on any atom is -0.497 e. The van der Waals surface area contributed by atoms with Gasteiger partial charge in [-0.05, 0) is 31.5 Å². The third kappa shape index (κ3) is 3.99. The molecule has 134 valence electrons. The monoisotopic (exact) mass is 347 g/mol. The molecule has 1 amide bonds. The highest BCUT2D eigenvalue weighted by Crippen LogP contribution is 2.28. The molecule has 1 aromatic carbocycles. The molecule has 1 aliphatic rings. The minimum absolute atomic E-state index is 0.0137. The molecule has 0 radical (unpaired) electrons. The Hall–Kier alpha value is -2.41. The first-order valence-corrected chi connectivity index (χ1v) is 8.26. The van der Waals surface area contributed by atoms with Gasteiger partial charge in [-0.25, -0.2) is 9.37 Å². The molecule has 25 heavy (non-hydrogen) atoms. The molecule has 3 rings (SSSR count). The quantitative estimate of drug-likeness (QED) is 0.900. The number of benzene rings is 1. The average molecular weight is 347 g/mol. The van der Waals surface area contributed by atoms with Gasteiger partial charge in [0.15, 0.2) is 0 Å². The first kappa shape index (κ1) is 17.4. The number of hydrogen-bond acceptors (Lipinski definition) is 5. The summed E-state index contributed by atoms with van der Waals surface area (Å²) in [6, 6.07) is 4.64. The highest BCUT2D eigenvalue weighted by atomic mass is 19.1. The molecule has 0 aliphatic carbocycles. The number of ether oxygens (including phenoxy) is 1. The van der Waals surface area contributed by atoms with Crippen molar-refractivity contribution in [3.8, 4) is 17.2 Å². The Morgan fingerprint density at radius 2 is 2.32 bits per heavy atom. The number of oxazole rings is 1. The van der Waals surface area contributed by atoms with E-state index in [1.807, 2.05) is 6.92 Å². The van der Waals surface area contributed by atoms with Crippen molar-refractivity contribution in [1.29, 1.82) is 0 Å². The van der Waals surface area contributed by atoms with E-state index in [0.29, 0.717) is 18.1 Å². The van der Waals surface area contributed by atoms with Gasteiger partial charge in [-0.3, -0.25) is 9.69 Å². The average Bonchev–Trinajstić information content (AvgIpc) is 3.15. The SMILES string of the molecule is COc1ccc(F)c(-c2nc(CN3CC[C@H](NC(C)=O)C3)c(C)o2)c1. The van der Waals surface area contributed by atoms with Crippen molar-refractivity contribution in [1.82, 2.24) is 15.2 Å². The first-order chi connectivity index (χ1) is 12.0. The van der Waals surface area contributed by atoms with Crippen LogP contribution in [0.25, 0.3) is 11.5 Å². The van der Waals surface area contributed by atoms with E-state index in [2.05, 4.69) is 15.2 Å². The summed E-state index contributed by atoms with van der Waals surface area (Å²) in [4.78, 5) is 17.8. The van der Waals surface area contributed by atoms with Gasteiger partial charge in [-0.2, -0.15) is 0 Å². The van der Waals surface area contributed by atoms with Crippen LogP contribution in [0, 0.1) is 12.7 Å². The topological polar surface area (TPSA) is 67.6 Å². The number of carbonyl (C=O) groups excluding carboxylic acids is 1. The molecule has 0 spiro atoms. The Labute approximate surface area is 146 Å². The highest BCUT2D eigenvalue weighted by Gasteiger charge is 2.25. The zero-order valence-corrected chi connectivity index (χ0v) is 14.6. The molecule has 7 heteroatoms. The second-order valence-electron chi connectivity index (χ2n) is 6.29. The van der Waals surface area contributed by atoms with Crippen LogP contribution in [0.4, 0.5) is 4.39 Å².